The third-order valence-corrected chi connectivity index (χ3v) is 5.97. The average Bonchev–Trinajstić information content (AvgIpc) is 3.14. The Hall–Kier alpha value is -3.68. The summed E-state index contributed by atoms with van der Waals surface area (Å²) in [6.45, 7) is 5.15. The van der Waals surface area contributed by atoms with Crippen molar-refractivity contribution >= 4 is 23.5 Å². The van der Waals surface area contributed by atoms with Gasteiger partial charge in [-0.2, -0.15) is 10.4 Å². The van der Waals surface area contributed by atoms with Gasteiger partial charge in [0.2, 0.25) is 0 Å². The van der Waals surface area contributed by atoms with E-state index in [1.165, 1.54) is 35.1 Å². The van der Waals surface area contributed by atoms with Crippen LogP contribution in [-0.4, -0.2) is 50.5 Å². The number of nitrogens with zero attached hydrogens (tertiary/aromatic N) is 4. The van der Waals surface area contributed by atoms with E-state index >= 15 is 4.39 Å². The predicted molar refractivity (Wildman–Crippen MR) is 116 cm³/mol. The number of alkyl halides is 1. The van der Waals surface area contributed by atoms with E-state index in [1.807, 2.05) is 6.07 Å². The maximum Gasteiger partial charge on any atom is 0.407 e. The topological polar surface area (TPSA) is 137 Å². The number of benzene rings is 1. The molecule has 0 saturated carbocycles. The summed E-state index contributed by atoms with van der Waals surface area (Å²) < 4.78 is 30.7. The third kappa shape index (κ3) is 4.46. The number of carbonyl (C=O) groups is 2. The third-order valence-electron chi connectivity index (χ3n) is 5.97. The molecule has 3 atom stereocenters. The molecule has 2 amide bonds. The molecule has 1 fully saturated rings. The molecule has 0 aliphatic carbocycles. The van der Waals surface area contributed by atoms with E-state index in [2.05, 4.69) is 10.4 Å². The lowest BCUT2D eigenvalue weighted by molar-refractivity contribution is -0.0652. The van der Waals surface area contributed by atoms with E-state index in [0.29, 0.717) is 5.69 Å². The lowest BCUT2D eigenvalue weighted by atomic mass is 9.71. The number of rotatable bonds is 5. The number of hydrogen-bond donors (Lipinski definition) is 3. The number of carboxylic acid groups (broad SMARTS) is 1. The van der Waals surface area contributed by atoms with Crippen LogP contribution >= 0.6 is 0 Å². The number of halogens is 2. The van der Waals surface area contributed by atoms with Crippen molar-refractivity contribution in [2.75, 3.05) is 11.9 Å². The number of amides is 2. The fourth-order valence-electron chi connectivity index (χ4n) is 4.35. The van der Waals surface area contributed by atoms with Crippen molar-refractivity contribution in [1.82, 2.24) is 14.7 Å². The normalized spacial score (nSPS) is 23.1. The SMILES string of the molecule is CC(C)(C)C1C(F)C(CC#N)(n2cc(C(N)=O)c(Nc3ccc(F)cc3)n2)CCN1C(=O)O. The number of nitrogens with two attached hydrogens (primary N) is 1. The van der Waals surface area contributed by atoms with Gasteiger partial charge in [0.15, 0.2) is 5.82 Å². The lowest BCUT2D eigenvalue weighted by Gasteiger charge is -2.51. The van der Waals surface area contributed by atoms with E-state index < -0.39 is 41.0 Å². The van der Waals surface area contributed by atoms with E-state index in [4.69, 9.17) is 5.73 Å². The smallest absolute Gasteiger partial charge is 0.407 e. The molecule has 1 aromatic carbocycles. The molecule has 0 spiro atoms. The Labute approximate surface area is 189 Å². The molecule has 9 nitrogen and oxygen atoms in total. The zero-order valence-corrected chi connectivity index (χ0v) is 18.5. The van der Waals surface area contributed by atoms with Crippen LogP contribution in [-0.2, 0) is 5.54 Å². The van der Waals surface area contributed by atoms with Gasteiger partial charge in [-0.1, -0.05) is 20.8 Å². The Kier molecular flexibility index (Phi) is 6.31. The molecule has 3 rings (SSSR count). The fourth-order valence-corrected chi connectivity index (χ4v) is 4.35. The van der Waals surface area contributed by atoms with Crippen LogP contribution in [0.3, 0.4) is 0 Å². The molecule has 3 unspecified atom stereocenters. The van der Waals surface area contributed by atoms with Gasteiger partial charge >= 0.3 is 6.09 Å². The highest BCUT2D eigenvalue weighted by Gasteiger charge is 2.56. The highest BCUT2D eigenvalue weighted by atomic mass is 19.1. The highest BCUT2D eigenvalue weighted by molar-refractivity contribution is 5.98. The first kappa shape index (κ1) is 24.0. The molecule has 176 valence electrons. The zero-order chi connectivity index (χ0) is 24.6. The molecule has 1 aliphatic heterocycles. The van der Waals surface area contributed by atoms with Crippen LogP contribution in [0.1, 0.15) is 44.0 Å². The number of anilines is 2. The van der Waals surface area contributed by atoms with E-state index in [1.54, 1.807) is 20.8 Å². The van der Waals surface area contributed by atoms with Crippen LogP contribution in [0.2, 0.25) is 0 Å². The summed E-state index contributed by atoms with van der Waals surface area (Å²) in [5.41, 5.74) is 3.58. The summed E-state index contributed by atoms with van der Waals surface area (Å²) in [4.78, 5) is 25.0. The number of nitriles is 1. The van der Waals surface area contributed by atoms with Gasteiger partial charge < -0.3 is 21.1 Å². The van der Waals surface area contributed by atoms with Crippen LogP contribution in [0, 0.1) is 22.6 Å². The molecular formula is C22H26F2N6O3. The molecule has 1 saturated heterocycles. The Morgan fingerprint density at radius 1 is 1.36 bits per heavy atom. The molecular weight excluding hydrogens is 434 g/mol. The number of likely N-dealkylation sites (tertiary alicyclic amines) is 1. The van der Waals surface area contributed by atoms with E-state index in [0.717, 1.165) is 4.90 Å². The van der Waals surface area contributed by atoms with Crippen molar-refractivity contribution < 1.29 is 23.5 Å². The molecule has 33 heavy (non-hydrogen) atoms. The van der Waals surface area contributed by atoms with Crippen LogP contribution in [0.15, 0.2) is 30.5 Å². The second-order valence-electron chi connectivity index (χ2n) is 9.21. The Bertz CT molecular complexity index is 1090. The molecule has 1 aliphatic rings. The fraction of sp³-hybridized carbons (Fsp3) is 0.455. The number of piperidine rings is 1. The van der Waals surface area contributed by atoms with Gasteiger partial charge in [0.05, 0.1) is 18.5 Å². The minimum Gasteiger partial charge on any atom is -0.465 e. The van der Waals surface area contributed by atoms with Gasteiger partial charge in [0.1, 0.15) is 23.1 Å². The molecule has 0 radical (unpaired) electrons. The van der Waals surface area contributed by atoms with Crippen LogP contribution in [0.5, 0.6) is 0 Å². The first-order valence-electron chi connectivity index (χ1n) is 10.3. The minimum atomic E-state index is -1.80. The Morgan fingerprint density at radius 3 is 2.52 bits per heavy atom. The van der Waals surface area contributed by atoms with Crippen LogP contribution in [0.25, 0.3) is 0 Å². The van der Waals surface area contributed by atoms with Crippen LogP contribution in [0.4, 0.5) is 25.1 Å². The number of aromatic nitrogens is 2. The molecule has 1 aromatic heterocycles. The van der Waals surface area contributed by atoms with Gasteiger partial charge in [-0.05, 0) is 36.1 Å². The summed E-state index contributed by atoms with van der Waals surface area (Å²) in [5, 5.41) is 26.4. The molecule has 0 bridgehead atoms. The van der Waals surface area contributed by atoms with Crippen molar-refractivity contribution in [3.8, 4) is 6.07 Å². The summed E-state index contributed by atoms with van der Waals surface area (Å²) in [6.07, 6.45) is -2.11. The second-order valence-corrected chi connectivity index (χ2v) is 9.21. The number of nitrogens with one attached hydrogen (secondary N) is 1. The largest absolute Gasteiger partial charge is 0.465 e. The van der Waals surface area contributed by atoms with Gasteiger partial charge in [-0.3, -0.25) is 9.48 Å². The second kappa shape index (κ2) is 8.69. The zero-order valence-electron chi connectivity index (χ0n) is 18.5. The summed E-state index contributed by atoms with van der Waals surface area (Å²) >= 11 is 0. The summed E-state index contributed by atoms with van der Waals surface area (Å²) in [6, 6.07) is 6.23. The van der Waals surface area contributed by atoms with Gasteiger partial charge in [-0.15, -0.1) is 0 Å². The first-order valence-corrected chi connectivity index (χ1v) is 10.3. The van der Waals surface area contributed by atoms with Crippen molar-refractivity contribution in [2.45, 2.75) is 51.4 Å². The number of carbonyl (C=O) groups excluding carboxylic acids is 1. The Balaban J connectivity index is 2.11. The van der Waals surface area contributed by atoms with E-state index in [9.17, 15) is 24.3 Å². The molecule has 4 N–H and O–H groups in total. The highest BCUT2D eigenvalue weighted by Crippen LogP contribution is 2.44. The standard InChI is InChI=1S/C22H26F2N6O3/c1-21(2,3)17-16(24)22(8-10-25,9-11-29(17)20(32)33)30-12-15(18(26)31)19(28-30)27-14-6-4-13(23)5-7-14/h4-7,12,16-17H,8-9,11H2,1-3H3,(H2,26,31)(H,27,28)(H,32,33). The summed E-state index contributed by atoms with van der Waals surface area (Å²) in [5.74, 6) is -1.26. The molecule has 2 heterocycles. The first-order chi connectivity index (χ1) is 15.4. The van der Waals surface area contributed by atoms with E-state index in [-0.39, 0.29) is 30.8 Å². The van der Waals surface area contributed by atoms with Gasteiger partial charge in [-0.25, -0.2) is 13.6 Å². The summed E-state index contributed by atoms with van der Waals surface area (Å²) in [7, 11) is 0. The molecule has 11 heteroatoms. The lowest BCUT2D eigenvalue weighted by Crippen LogP contribution is -2.65. The Morgan fingerprint density at radius 2 is 2.00 bits per heavy atom. The maximum absolute atomic E-state index is 16.3. The average molecular weight is 460 g/mol. The predicted octanol–water partition coefficient (Wildman–Crippen LogP) is 3.61. The van der Waals surface area contributed by atoms with Gasteiger partial charge in [0, 0.05) is 18.4 Å². The monoisotopic (exact) mass is 460 g/mol. The molecule has 2 aromatic rings. The number of hydrogen-bond acceptors (Lipinski definition) is 5. The minimum absolute atomic E-state index is 0.0200. The number of primary amides is 1. The van der Waals surface area contributed by atoms with Crippen molar-refractivity contribution in [3.05, 3.63) is 41.8 Å². The van der Waals surface area contributed by atoms with Crippen molar-refractivity contribution in [2.24, 2.45) is 11.1 Å². The van der Waals surface area contributed by atoms with Crippen LogP contribution < -0.4 is 11.1 Å². The quantitative estimate of drug-likeness (QED) is 0.623. The van der Waals surface area contributed by atoms with Crippen molar-refractivity contribution in [3.63, 3.8) is 0 Å². The maximum atomic E-state index is 16.3. The van der Waals surface area contributed by atoms with Crippen molar-refractivity contribution in [1.29, 1.82) is 5.26 Å². The van der Waals surface area contributed by atoms with Gasteiger partial charge in [0.25, 0.3) is 5.91 Å².